The van der Waals surface area contributed by atoms with Crippen LogP contribution in [0, 0.1) is 0 Å². The van der Waals surface area contributed by atoms with Gasteiger partial charge >= 0.3 is 0 Å². The molecular formula is C15H24N2O. The second-order valence-electron chi connectivity index (χ2n) is 5.12. The number of nitrogens with one attached hydrogen (secondary N) is 1. The lowest BCUT2D eigenvalue weighted by Gasteiger charge is -2.32. The smallest absolute Gasteiger partial charge is 0.0713 e. The van der Waals surface area contributed by atoms with Gasteiger partial charge in [0.2, 0.25) is 0 Å². The molecule has 1 saturated heterocycles. The number of likely N-dealkylation sites (N-methyl/N-ethyl adjacent to an activating group) is 1. The molecule has 1 heterocycles. The van der Waals surface area contributed by atoms with Crippen molar-refractivity contribution in [1.29, 1.82) is 0 Å². The summed E-state index contributed by atoms with van der Waals surface area (Å²) in [6, 6.07) is 9.37. The minimum atomic E-state index is 0.654. The highest BCUT2D eigenvalue weighted by atomic mass is 16.5. The number of piperidine rings is 1. The molecule has 0 aromatic heterocycles. The van der Waals surface area contributed by atoms with Crippen molar-refractivity contribution in [3.05, 3.63) is 35.4 Å². The highest BCUT2D eigenvalue weighted by Gasteiger charge is 2.18. The first-order valence-electron chi connectivity index (χ1n) is 6.78. The van der Waals surface area contributed by atoms with Crippen molar-refractivity contribution < 1.29 is 4.74 Å². The summed E-state index contributed by atoms with van der Waals surface area (Å²) < 4.78 is 5.18. The molecule has 1 atom stereocenters. The van der Waals surface area contributed by atoms with Crippen LogP contribution in [0.1, 0.15) is 24.0 Å². The zero-order valence-corrected chi connectivity index (χ0v) is 11.5. The second kappa shape index (κ2) is 6.88. The molecule has 1 aromatic carbocycles. The van der Waals surface area contributed by atoms with Crippen molar-refractivity contribution in [3.63, 3.8) is 0 Å². The molecule has 18 heavy (non-hydrogen) atoms. The van der Waals surface area contributed by atoms with Crippen LogP contribution in [0.2, 0.25) is 0 Å². The molecule has 0 saturated carbocycles. The maximum Gasteiger partial charge on any atom is 0.0713 e. The summed E-state index contributed by atoms with van der Waals surface area (Å²) in [5.41, 5.74) is 2.65. The molecule has 0 bridgehead atoms. The molecule has 1 N–H and O–H groups in total. The van der Waals surface area contributed by atoms with Crippen LogP contribution < -0.4 is 5.32 Å². The Balaban J connectivity index is 1.93. The molecule has 3 nitrogen and oxygen atoms in total. The van der Waals surface area contributed by atoms with E-state index in [0.29, 0.717) is 12.6 Å². The minimum absolute atomic E-state index is 0.654. The molecule has 1 aliphatic heterocycles. The Morgan fingerprint density at radius 3 is 3.00 bits per heavy atom. The average molecular weight is 248 g/mol. The van der Waals surface area contributed by atoms with E-state index in [-0.39, 0.29) is 0 Å². The van der Waals surface area contributed by atoms with Crippen molar-refractivity contribution in [2.45, 2.75) is 32.0 Å². The van der Waals surface area contributed by atoms with Crippen LogP contribution in [0.5, 0.6) is 0 Å². The first-order valence-corrected chi connectivity index (χ1v) is 6.78. The van der Waals surface area contributed by atoms with Crippen LogP contribution >= 0.6 is 0 Å². The summed E-state index contributed by atoms with van der Waals surface area (Å²) in [4.78, 5) is 2.54. The van der Waals surface area contributed by atoms with Gasteiger partial charge in [-0.25, -0.2) is 0 Å². The molecule has 1 aliphatic rings. The van der Waals surface area contributed by atoms with Crippen LogP contribution in [-0.2, 0) is 17.9 Å². The third-order valence-corrected chi connectivity index (χ3v) is 3.62. The Kier molecular flexibility index (Phi) is 5.17. The summed E-state index contributed by atoms with van der Waals surface area (Å²) >= 11 is 0. The number of methoxy groups -OCH3 is 1. The molecule has 0 amide bonds. The lowest BCUT2D eigenvalue weighted by molar-refractivity contribution is 0.182. The van der Waals surface area contributed by atoms with E-state index in [9.17, 15) is 0 Å². The van der Waals surface area contributed by atoms with Crippen LogP contribution in [-0.4, -0.2) is 38.2 Å². The molecule has 1 aromatic rings. The third-order valence-electron chi connectivity index (χ3n) is 3.62. The summed E-state index contributed by atoms with van der Waals surface area (Å²) in [5.74, 6) is 0. The molecule has 0 aliphatic carbocycles. The topological polar surface area (TPSA) is 24.5 Å². The van der Waals surface area contributed by atoms with E-state index in [1.54, 1.807) is 7.11 Å². The fourth-order valence-electron chi connectivity index (χ4n) is 2.68. The number of benzene rings is 1. The van der Waals surface area contributed by atoms with Gasteiger partial charge in [-0.3, -0.25) is 4.90 Å². The monoisotopic (exact) mass is 248 g/mol. The zero-order valence-electron chi connectivity index (χ0n) is 11.5. The number of likely N-dealkylation sites (tertiary alicyclic amines) is 1. The molecule has 1 unspecified atom stereocenters. The molecule has 1 fully saturated rings. The fourth-order valence-corrected chi connectivity index (χ4v) is 2.68. The maximum atomic E-state index is 5.18. The van der Waals surface area contributed by atoms with E-state index in [1.807, 2.05) is 0 Å². The van der Waals surface area contributed by atoms with Gasteiger partial charge in [0, 0.05) is 26.2 Å². The first-order chi connectivity index (χ1) is 8.81. The van der Waals surface area contributed by atoms with Gasteiger partial charge < -0.3 is 10.1 Å². The Morgan fingerprint density at radius 2 is 2.22 bits per heavy atom. The zero-order chi connectivity index (χ0) is 12.8. The summed E-state index contributed by atoms with van der Waals surface area (Å²) in [5, 5.41) is 3.39. The van der Waals surface area contributed by atoms with Crippen molar-refractivity contribution in [3.8, 4) is 0 Å². The first kappa shape index (κ1) is 13.5. The minimum Gasteiger partial charge on any atom is -0.380 e. The number of ether oxygens (including phenoxy) is 1. The highest BCUT2D eigenvalue weighted by molar-refractivity contribution is 5.23. The average Bonchev–Trinajstić information content (AvgIpc) is 2.40. The van der Waals surface area contributed by atoms with E-state index in [1.165, 1.54) is 30.5 Å². The van der Waals surface area contributed by atoms with Crippen molar-refractivity contribution in [1.82, 2.24) is 10.2 Å². The quantitative estimate of drug-likeness (QED) is 0.863. The van der Waals surface area contributed by atoms with Gasteiger partial charge in [0.1, 0.15) is 0 Å². The summed E-state index contributed by atoms with van der Waals surface area (Å²) in [6.07, 6.45) is 2.60. The predicted octanol–water partition coefficient (Wildman–Crippen LogP) is 2.02. The SMILES string of the molecule is CNC1CCCN(Cc2cccc(COC)c2)C1. The van der Waals surface area contributed by atoms with Gasteiger partial charge in [-0.05, 0) is 37.6 Å². The third kappa shape index (κ3) is 3.80. The Morgan fingerprint density at radius 1 is 1.39 bits per heavy atom. The molecule has 0 spiro atoms. The number of rotatable bonds is 5. The van der Waals surface area contributed by atoms with Crippen LogP contribution in [0.25, 0.3) is 0 Å². The fraction of sp³-hybridized carbons (Fsp3) is 0.600. The van der Waals surface area contributed by atoms with Gasteiger partial charge in [0.15, 0.2) is 0 Å². The predicted molar refractivity (Wildman–Crippen MR) is 74.5 cm³/mol. The molecule has 3 heteroatoms. The van der Waals surface area contributed by atoms with Gasteiger partial charge in [-0.15, -0.1) is 0 Å². The van der Waals surface area contributed by atoms with E-state index in [0.717, 1.165) is 13.1 Å². The number of hydrogen-bond acceptors (Lipinski definition) is 3. The van der Waals surface area contributed by atoms with E-state index in [4.69, 9.17) is 4.74 Å². The Labute approximate surface area is 110 Å². The standard InChI is InChI=1S/C15H24N2O/c1-16-15-7-4-8-17(11-15)10-13-5-3-6-14(9-13)12-18-2/h3,5-6,9,15-16H,4,7-8,10-12H2,1-2H3. The van der Waals surface area contributed by atoms with Gasteiger partial charge in [-0.1, -0.05) is 24.3 Å². The number of hydrogen-bond donors (Lipinski definition) is 1. The van der Waals surface area contributed by atoms with Crippen LogP contribution in [0.3, 0.4) is 0 Å². The van der Waals surface area contributed by atoms with Gasteiger partial charge in [0.25, 0.3) is 0 Å². The van der Waals surface area contributed by atoms with E-state index < -0.39 is 0 Å². The lowest BCUT2D eigenvalue weighted by atomic mass is 10.0. The molecular weight excluding hydrogens is 224 g/mol. The van der Waals surface area contributed by atoms with Crippen LogP contribution in [0.15, 0.2) is 24.3 Å². The number of nitrogens with zero attached hydrogens (tertiary/aromatic N) is 1. The van der Waals surface area contributed by atoms with Crippen molar-refractivity contribution >= 4 is 0 Å². The second-order valence-corrected chi connectivity index (χ2v) is 5.12. The Bertz CT molecular complexity index is 367. The van der Waals surface area contributed by atoms with E-state index in [2.05, 4.69) is 41.5 Å². The van der Waals surface area contributed by atoms with Crippen molar-refractivity contribution in [2.24, 2.45) is 0 Å². The van der Waals surface area contributed by atoms with Crippen molar-refractivity contribution in [2.75, 3.05) is 27.2 Å². The van der Waals surface area contributed by atoms with Crippen LogP contribution in [0.4, 0.5) is 0 Å². The molecule has 2 rings (SSSR count). The lowest BCUT2D eigenvalue weighted by Crippen LogP contribution is -2.43. The normalized spacial score (nSPS) is 21.1. The Hall–Kier alpha value is -0.900. The molecule has 100 valence electrons. The summed E-state index contributed by atoms with van der Waals surface area (Å²) in [6.45, 7) is 4.13. The largest absolute Gasteiger partial charge is 0.380 e. The summed E-state index contributed by atoms with van der Waals surface area (Å²) in [7, 11) is 3.81. The van der Waals surface area contributed by atoms with E-state index >= 15 is 0 Å². The van der Waals surface area contributed by atoms with Gasteiger partial charge in [0.05, 0.1) is 6.61 Å². The highest BCUT2D eigenvalue weighted by Crippen LogP contribution is 2.14. The molecule has 0 radical (unpaired) electrons. The van der Waals surface area contributed by atoms with Gasteiger partial charge in [-0.2, -0.15) is 0 Å². The maximum absolute atomic E-state index is 5.18.